The maximum Gasteiger partial charge on any atom is 0.273 e. The molecule has 1 atom stereocenters. The predicted octanol–water partition coefficient (Wildman–Crippen LogP) is 2.45. The van der Waals surface area contributed by atoms with E-state index >= 15 is 0 Å². The number of anilines is 4. The van der Waals surface area contributed by atoms with E-state index in [1.54, 1.807) is 31.3 Å². The highest BCUT2D eigenvalue weighted by Gasteiger charge is 2.43. The number of amides is 3. The van der Waals surface area contributed by atoms with Gasteiger partial charge in [0.25, 0.3) is 11.8 Å². The van der Waals surface area contributed by atoms with E-state index in [0.29, 0.717) is 24.5 Å². The van der Waals surface area contributed by atoms with Gasteiger partial charge in [0.15, 0.2) is 11.5 Å². The quantitative estimate of drug-likeness (QED) is 0.185. The molecule has 2 fully saturated rings. The van der Waals surface area contributed by atoms with Crippen LogP contribution in [0, 0.1) is 5.92 Å². The van der Waals surface area contributed by atoms with E-state index in [0.717, 1.165) is 47.5 Å². The van der Waals surface area contributed by atoms with Crippen LogP contribution < -0.4 is 26.2 Å². The summed E-state index contributed by atoms with van der Waals surface area (Å²) >= 11 is 0. The first-order chi connectivity index (χ1) is 24.0. The lowest BCUT2D eigenvalue weighted by Crippen LogP contribution is -2.60. The van der Waals surface area contributed by atoms with Gasteiger partial charge in [-0.15, -0.1) is 10.2 Å². The monoisotopic (exact) mass is 669 g/mol. The number of aromatic nitrogens is 5. The van der Waals surface area contributed by atoms with Gasteiger partial charge in [-0.1, -0.05) is 25.1 Å². The standard InChI is InChI=1S/C34H37B2N11O3/c1-5-25-30-21(15-39-47(30)19-16-46(17-19)34(35,36)26-11-7-10-23(41-26)32(49)37-2)20-8-6-9-22(29(20)45(25)4)40-24-14-27(42-31(48)18-12-13-18)43-44-28(24)33(50)38-3/h6-11,14-15,18-19,25H,5,12-13,16-17H2,1-4H3,(H,37,49)(H,38,50)(H2,40,42,43,48). The second-order valence-corrected chi connectivity index (χ2v) is 13.0. The Kier molecular flexibility index (Phi) is 8.58. The van der Waals surface area contributed by atoms with Crippen LogP contribution in [0.4, 0.5) is 22.9 Å². The Labute approximate surface area is 292 Å². The molecule has 14 nitrogen and oxygen atoms in total. The van der Waals surface area contributed by atoms with Crippen LogP contribution in [-0.2, 0) is 10.1 Å². The van der Waals surface area contributed by atoms with Crippen LogP contribution in [0.15, 0.2) is 48.7 Å². The van der Waals surface area contributed by atoms with Gasteiger partial charge in [0, 0.05) is 63.0 Å². The van der Waals surface area contributed by atoms with Crippen LogP contribution in [0.25, 0.3) is 11.1 Å². The average molecular weight is 669 g/mol. The molecule has 1 saturated heterocycles. The first kappa shape index (κ1) is 33.3. The zero-order valence-electron chi connectivity index (χ0n) is 28.4. The second kappa shape index (κ2) is 12.9. The molecule has 4 aromatic rings. The third kappa shape index (κ3) is 5.76. The van der Waals surface area contributed by atoms with Crippen molar-refractivity contribution < 1.29 is 14.4 Å². The molecule has 3 amide bonds. The van der Waals surface area contributed by atoms with Gasteiger partial charge in [0.1, 0.15) is 5.69 Å². The highest BCUT2D eigenvalue weighted by Crippen LogP contribution is 2.50. The molecule has 0 spiro atoms. The van der Waals surface area contributed by atoms with Crippen molar-refractivity contribution in [1.82, 2.24) is 40.5 Å². The van der Waals surface area contributed by atoms with Crippen molar-refractivity contribution >= 4 is 56.3 Å². The third-order valence-corrected chi connectivity index (χ3v) is 9.74. The predicted molar refractivity (Wildman–Crippen MR) is 191 cm³/mol. The summed E-state index contributed by atoms with van der Waals surface area (Å²) in [6.45, 7) is 3.22. The molecule has 2 aliphatic heterocycles. The lowest BCUT2D eigenvalue weighted by molar-refractivity contribution is -0.117. The van der Waals surface area contributed by atoms with Crippen molar-refractivity contribution in [3.05, 3.63) is 71.4 Å². The largest absolute Gasteiger partial charge is 0.364 e. The molecule has 3 aliphatic rings. The summed E-state index contributed by atoms with van der Waals surface area (Å²) in [7, 11) is 18.4. The first-order valence-corrected chi connectivity index (χ1v) is 16.7. The Morgan fingerprint density at radius 1 is 0.960 bits per heavy atom. The molecule has 1 aromatic carbocycles. The van der Waals surface area contributed by atoms with Crippen molar-refractivity contribution in [3.63, 3.8) is 0 Å². The zero-order valence-corrected chi connectivity index (χ0v) is 28.4. The molecular formula is C34H37B2N11O3. The number of nitrogens with zero attached hydrogens (tertiary/aromatic N) is 7. The number of carbonyl (C=O) groups excluding carboxylic acids is 3. The van der Waals surface area contributed by atoms with Crippen molar-refractivity contribution in [1.29, 1.82) is 0 Å². The summed E-state index contributed by atoms with van der Waals surface area (Å²) in [5.74, 6) is -0.559. The lowest BCUT2D eigenvalue weighted by Gasteiger charge is -2.50. The molecule has 252 valence electrons. The fourth-order valence-corrected chi connectivity index (χ4v) is 6.79. The number of pyridine rings is 1. The SMILES string of the molecule is [B]C([B])(c1cccc(C(=O)NC)n1)N1CC(n2ncc3c2C(CC)N(C)c2c(Nc4cc(NC(=O)C5CC5)nnc4C(=O)NC)cccc2-3)C1. The van der Waals surface area contributed by atoms with Crippen LogP contribution in [0.5, 0.6) is 0 Å². The second-order valence-electron chi connectivity index (χ2n) is 13.0. The molecule has 4 radical (unpaired) electrons. The molecule has 3 aromatic heterocycles. The fraction of sp³-hybridized carbons (Fsp3) is 0.382. The number of hydrogen-bond donors (Lipinski definition) is 4. The minimum atomic E-state index is -1.38. The van der Waals surface area contributed by atoms with Gasteiger partial charge in [-0.2, -0.15) is 5.10 Å². The maximum atomic E-state index is 12.8. The van der Waals surface area contributed by atoms with Gasteiger partial charge in [0.05, 0.1) is 56.7 Å². The van der Waals surface area contributed by atoms with Gasteiger partial charge < -0.3 is 31.1 Å². The van der Waals surface area contributed by atoms with Crippen molar-refractivity contribution in [2.75, 3.05) is 49.8 Å². The summed E-state index contributed by atoms with van der Waals surface area (Å²) in [6, 6.07) is 12.7. The molecule has 4 N–H and O–H groups in total. The van der Waals surface area contributed by atoms with Crippen LogP contribution >= 0.6 is 0 Å². The summed E-state index contributed by atoms with van der Waals surface area (Å²) in [4.78, 5) is 46.0. The maximum absolute atomic E-state index is 12.8. The van der Waals surface area contributed by atoms with Gasteiger partial charge >= 0.3 is 0 Å². The average Bonchev–Trinajstić information content (AvgIpc) is 3.87. The minimum Gasteiger partial charge on any atom is -0.364 e. The van der Waals surface area contributed by atoms with Crippen molar-refractivity contribution in [3.8, 4) is 11.1 Å². The van der Waals surface area contributed by atoms with Crippen molar-refractivity contribution in [2.24, 2.45) is 5.92 Å². The normalized spacial score (nSPS) is 17.3. The number of fused-ring (bicyclic) bond motifs is 3. The van der Waals surface area contributed by atoms with Gasteiger partial charge in [0.2, 0.25) is 5.91 Å². The molecular weight excluding hydrogens is 632 g/mol. The molecule has 50 heavy (non-hydrogen) atoms. The minimum absolute atomic E-state index is 0.0109. The summed E-state index contributed by atoms with van der Waals surface area (Å²) in [6.07, 6.45) is 4.40. The van der Waals surface area contributed by atoms with E-state index in [1.165, 1.54) is 7.05 Å². The van der Waals surface area contributed by atoms with Gasteiger partial charge in [-0.25, -0.2) is 4.98 Å². The Morgan fingerprint density at radius 3 is 2.40 bits per heavy atom. The number of carbonyl (C=O) groups is 3. The topological polar surface area (TPSA) is 162 Å². The van der Waals surface area contributed by atoms with Crippen LogP contribution in [0.2, 0.25) is 0 Å². The smallest absolute Gasteiger partial charge is 0.273 e. The molecule has 0 bridgehead atoms. The highest BCUT2D eigenvalue weighted by molar-refractivity contribution is 6.39. The van der Waals surface area contributed by atoms with Crippen LogP contribution in [0.1, 0.15) is 70.6 Å². The van der Waals surface area contributed by atoms with E-state index in [4.69, 9.17) is 20.8 Å². The third-order valence-electron chi connectivity index (χ3n) is 9.74. The van der Waals surface area contributed by atoms with Crippen molar-refractivity contribution in [2.45, 2.75) is 43.6 Å². The molecule has 16 heteroatoms. The summed E-state index contributed by atoms with van der Waals surface area (Å²) in [5, 5.41) is 23.2. The van der Waals surface area contributed by atoms with E-state index < -0.39 is 11.2 Å². The van der Waals surface area contributed by atoms with Crippen LogP contribution in [-0.4, -0.2) is 97.5 Å². The molecule has 7 rings (SSSR count). The number of nitrogens with one attached hydrogen (secondary N) is 4. The molecule has 1 saturated carbocycles. The Bertz CT molecular complexity index is 1990. The number of para-hydroxylation sites is 1. The zero-order chi connectivity index (χ0) is 35.3. The van der Waals surface area contributed by atoms with E-state index in [1.807, 2.05) is 30.3 Å². The first-order valence-electron chi connectivity index (χ1n) is 16.7. The summed E-state index contributed by atoms with van der Waals surface area (Å²) < 4.78 is 2.08. The van der Waals surface area contributed by atoms with Crippen LogP contribution in [0.3, 0.4) is 0 Å². The fourth-order valence-electron chi connectivity index (χ4n) is 6.79. The van der Waals surface area contributed by atoms with E-state index in [2.05, 4.69) is 59.0 Å². The number of hydrogen-bond acceptors (Lipinski definition) is 10. The highest BCUT2D eigenvalue weighted by atomic mass is 16.2. The van der Waals surface area contributed by atoms with E-state index in [9.17, 15) is 14.4 Å². The number of likely N-dealkylation sites (tertiary alicyclic amines) is 1. The molecule has 1 aliphatic carbocycles. The number of benzene rings is 1. The lowest BCUT2D eigenvalue weighted by atomic mass is 9.57. The number of rotatable bonds is 10. The van der Waals surface area contributed by atoms with Gasteiger partial charge in [-0.05, 0) is 42.8 Å². The molecule has 5 heterocycles. The Morgan fingerprint density at radius 2 is 1.70 bits per heavy atom. The van der Waals surface area contributed by atoms with Gasteiger partial charge in [-0.3, -0.25) is 19.1 Å². The Balaban J connectivity index is 1.18. The summed E-state index contributed by atoms with van der Waals surface area (Å²) in [5.41, 5.74) is 5.95. The Hall–Kier alpha value is -5.24. The molecule has 1 unspecified atom stereocenters. The van der Waals surface area contributed by atoms with E-state index in [-0.39, 0.29) is 47.0 Å².